The monoisotopic (exact) mass is 491 g/mol. The molecule has 3 aromatic carbocycles. The Morgan fingerprint density at radius 2 is 1.40 bits per heavy atom. The van der Waals surface area contributed by atoms with Gasteiger partial charge >= 0.3 is 0 Å². The van der Waals surface area contributed by atoms with Crippen LogP contribution in [0.3, 0.4) is 0 Å². The number of hydrogen-bond donors (Lipinski definition) is 1. The van der Waals surface area contributed by atoms with Crippen LogP contribution in [-0.2, 0) is 21.2 Å². The van der Waals surface area contributed by atoms with E-state index in [0.717, 1.165) is 11.1 Å². The summed E-state index contributed by atoms with van der Waals surface area (Å²) < 4.78 is 27.4. The van der Waals surface area contributed by atoms with Crippen LogP contribution >= 0.6 is 0 Å². The topological polar surface area (TPSA) is 86.8 Å². The zero-order valence-corrected chi connectivity index (χ0v) is 20.4. The van der Waals surface area contributed by atoms with Gasteiger partial charge in [-0.05, 0) is 36.8 Å². The van der Waals surface area contributed by atoms with Gasteiger partial charge < -0.3 is 10.2 Å². The maximum absolute atomic E-state index is 13.5. The lowest BCUT2D eigenvalue weighted by atomic mass is 10.0. The summed E-state index contributed by atoms with van der Waals surface area (Å²) in [7, 11) is -3.63. The van der Waals surface area contributed by atoms with Crippen LogP contribution in [0.1, 0.15) is 21.5 Å². The molecule has 3 aromatic rings. The van der Waals surface area contributed by atoms with Gasteiger partial charge in [-0.2, -0.15) is 4.31 Å². The highest BCUT2D eigenvalue weighted by atomic mass is 32.2. The van der Waals surface area contributed by atoms with Crippen LogP contribution in [-0.4, -0.2) is 61.7 Å². The molecule has 1 atom stereocenters. The molecule has 0 spiro atoms. The van der Waals surface area contributed by atoms with E-state index in [-0.39, 0.29) is 42.9 Å². The zero-order chi connectivity index (χ0) is 24.8. The molecule has 1 saturated heterocycles. The Kier molecular flexibility index (Phi) is 7.63. The molecule has 1 fully saturated rings. The third kappa shape index (κ3) is 5.96. The van der Waals surface area contributed by atoms with Crippen LogP contribution < -0.4 is 5.32 Å². The molecule has 1 aliphatic rings. The molecule has 1 N–H and O–H groups in total. The lowest BCUT2D eigenvalue weighted by molar-refractivity contribution is -0.134. The Bertz CT molecular complexity index is 1250. The van der Waals surface area contributed by atoms with E-state index in [1.165, 1.54) is 4.31 Å². The van der Waals surface area contributed by atoms with Gasteiger partial charge in [-0.15, -0.1) is 0 Å². The molecule has 4 rings (SSSR count). The molecular formula is C27H29N3O4S. The first-order valence-corrected chi connectivity index (χ1v) is 13.0. The highest BCUT2D eigenvalue weighted by Crippen LogP contribution is 2.19. The van der Waals surface area contributed by atoms with E-state index < -0.39 is 16.1 Å². The number of nitrogens with one attached hydrogen (secondary N) is 1. The first-order valence-electron chi connectivity index (χ1n) is 11.6. The standard InChI is InChI=1S/C27H29N3O4S/c1-21-12-14-24(15-13-21)35(33,34)30-18-16-29(17-19-30)27(32)25(20-22-8-4-2-5-9-22)28-26(31)23-10-6-3-7-11-23/h2-15,25H,16-20H2,1H3,(H,28,31)/t25-/m1/s1. The van der Waals surface area contributed by atoms with Crippen molar-refractivity contribution in [3.63, 3.8) is 0 Å². The van der Waals surface area contributed by atoms with Gasteiger partial charge in [-0.3, -0.25) is 9.59 Å². The highest BCUT2D eigenvalue weighted by molar-refractivity contribution is 7.89. The Morgan fingerprint density at radius 1 is 0.829 bits per heavy atom. The minimum Gasteiger partial charge on any atom is -0.340 e. The SMILES string of the molecule is Cc1ccc(S(=O)(=O)N2CCN(C(=O)[C@@H](Cc3ccccc3)NC(=O)c3ccccc3)CC2)cc1. The summed E-state index contributed by atoms with van der Waals surface area (Å²) in [5, 5.41) is 2.89. The molecule has 0 unspecified atom stereocenters. The smallest absolute Gasteiger partial charge is 0.251 e. The molecule has 0 aromatic heterocycles. The molecule has 2 amide bonds. The average molecular weight is 492 g/mol. The maximum atomic E-state index is 13.5. The molecular weight excluding hydrogens is 462 g/mol. The molecule has 1 heterocycles. The van der Waals surface area contributed by atoms with E-state index in [9.17, 15) is 18.0 Å². The van der Waals surface area contributed by atoms with Crippen LogP contribution in [0.4, 0.5) is 0 Å². The number of carbonyl (C=O) groups excluding carboxylic acids is 2. The van der Waals surface area contributed by atoms with Gasteiger partial charge in [0.25, 0.3) is 5.91 Å². The molecule has 0 saturated carbocycles. The summed E-state index contributed by atoms with van der Waals surface area (Å²) in [6.45, 7) is 2.83. The highest BCUT2D eigenvalue weighted by Gasteiger charge is 2.33. The number of benzene rings is 3. The Labute approximate surface area is 206 Å². The second kappa shape index (κ2) is 10.8. The van der Waals surface area contributed by atoms with Crippen molar-refractivity contribution in [2.75, 3.05) is 26.2 Å². The first-order chi connectivity index (χ1) is 16.8. The largest absolute Gasteiger partial charge is 0.340 e. The quantitative estimate of drug-likeness (QED) is 0.551. The summed E-state index contributed by atoms with van der Waals surface area (Å²) in [6, 6.07) is 24.3. The molecule has 0 bridgehead atoms. The first kappa shape index (κ1) is 24.6. The number of nitrogens with zero attached hydrogens (tertiary/aromatic N) is 2. The van der Waals surface area contributed by atoms with Crippen LogP contribution in [0.15, 0.2) is 89.8 Å². The number of rotatable bonds is 7. The van der Waals surface area contributed by atoms with Gasteiger partial charge in [0.05, 0.1) is 4.90 Å². The van der Waals surface area contributed by atoms with Crippen molar-refractivity contribution < 1.29 is 18.0 Å². The van der Waals surface area contributed by atoms with Crippen molar-refractivity contribution in [3.05, 3.63) is 102 Å². The van der Waals surface area contributed by atoms with E-state index in [4.69, 9.17) is 0 Å². The van der Waals surface area contributed by atoms with Crippen LogP contribution in [0.5, 0.6) is 0 Å². The molecule has 182 valence electrons. The van der Waals surface area contributed by atoms with E-state index in [1.807, 2.05) is 43.3 Å². The predicted molar refractivity (Wildman–Crippen MR) is 134 cm³/mol. The van der Waals surface area contributed by atoms with Gasteiger partial charge in [0, 0.05) is 38.2 Å². The van der Waals surface area contributed by atoms with E-state index in [2.05, 4.69) is 5.32 Å². The third-order valence-corrected chi connectivity index (χ3v) is 8.04. The second-order valence-electron chi connectivity index (χ2n) is 8.62. The second-order valence-corrected chi connectivity index (χ2v) is 10.6. The average Bonchev–Trinajstić information content (AvgIpc) is 2.89. The number of amides is 2. The van der Waals surface area contributed by atoms with Crippen molar-refractivity contribution in [2.24, 2.45) is 0 Å². The van der Waals surface area contributed by atoms with E-state index in [0.29, 0.717) is 12.0 Å². The van der Waals surface area contributed by atoms with Crippen LogP contribution in [0.25, 0.3) is 0 Å². The molecule has 1 aliphatic heterocycles. The summed E-state index contributed by atoms with van der Waals surface area (Å²) in [6.07, 6.45) is 0.347. The molecule has 7 nitrogen and oxygen atoms in total. The van der Waals surface area contributed by atoms with Gasteiger partial charge in [0.2, 0.25) is 15.9 Å². The van der Waals surface area contributed by atoms with E-state index >= 15 is 0 Å². The predicted octanol–water partition coefficient (Wildman–Crippen LogP) is 2.87. The number of aryl methyl sites for hydroxylation is 1. The fourth-order valence-electron chi connectivity index (χ4n) is 4.11. The van der Waals surface area contributed by atoms with Gasteiger partial charge in [-0.1, -0.05) is 66.2 Å². The normalized spacial score (nSPS) is 15.4. The van der Waals surface area contributed by atoms with E-state index in [1.54, 1.807) is 53.4 Å². The Morgan fingerprint density at radius 3 is 2.00 bits per heavy atom. The summed E-state index contributed by atoms with van der Waals surface area (Å²) in [5.41, 5.74) is 2.40. The van der Waals surface area contributed by atoms with Crippen molar-refractivity contribution in [3.8, 4) is 0 Å². The lowest BCUT2D eigenvalue weighted by Gasteiger charge is -2.36. The maximum Gasteiger partial charge on any atom is 0.251 e. The lowest BCUT2D eigenvalue weighted by Crippen LogP contribution is -2.56. The van der Waals surface area contributed by atoms with Gasteiger partial charge in [-0.25, -0.2) is 8.42 Å². The number of piperazine rings is 1. The number of carbonyl (C=O) groups is 2. The van der Waals surface area contributed by atoms with Gasteiger partial charge in [0.1, 0.15) is 6.04 Å². The van der Waals surface area contributed by atoms with Crippen molar-refractivity contribution >= 4 is 21.8 Å². The van der Waals surface area contributed by atoms with Crippen molar-refractivity contribution in [2.45, 2.75) is 24.3 Å². The van der Waals surface area contributed by atoms with Crippen molar-refractivity contribution in [1.29, 1.82) is 0 Å². The summed E-state index contributed by atoms with van der Waals surface area (Å²) in [5.74, 6) is -0.536. The Balaban J connectivity index is 1.46. The summed E-state index contributed by atoms with van der Waals surface area (Å²) in [4.78, 5) is 28.2. The van der Waals surface area contributed by atoms with Crippen molar-refractivity contribution in [1.82, 2.24) is 14.5 Å². The minimum absolute atomic E-state index is 0.201. The Hall–Kier alpha value is -3.49. The molecule has 0 radical (unpaired) electrons. The van der Waals surface area contributed by atoms with Crippen LogP contribution in [0.2, 0.25) is 0 Å². The molecule has 35 heavy (non-hydrogen) atoms. The summed E-state index contributed by atoms with van der Waals surface area (Å²) >= 11 is 0. The minimum atomic E-state index is -3.63. The molecule has 0 aliphatic carbocycles. The fourth-order valence-corrected chi connectivity index (χ4v) is 5.53. The molecule has 8 heteroatoms. The third-order valence-electron chi connectivity index (χ3n) is 6.13. The number of hydrogen-bond acceptors (Lipinski definition) is 4. The fraction of sp³-hybridized carbons (Fsp3) is 0.259. The number of sulfonamides is 1. The van der Waals surface area contributed by atoms with Crippen LogP contribution in [0, 0.1) is 6.92 Å². The zero-order valence-electron chi connectivity index (χ0n) is 19.6. The van der Waals surface area contributed by atoms with Gasteiger partial charge in [0.15, 0.2) is 0 Å².